The molecule has 2 aliphatic heterocycles. The van der Waals surface area contributed by atoms with Gasteiger partial charge in [0.1, 0.15) is 12.2 Å². The molecular weight excluding hydrogens is 606 g/mol. The molecule has 242 valence electrons. The number of likely N-dealkylation sites (tertiary alicyclic amines) is 1. The van der Waals surface area contributed by atoms with Crippen molar-refractivity contribution in [2.24, 2.45) is 5.92 Å². The Morgan fingerprint density at radius 3 is 2.58 bits per heavy atom. The van der Waals surface area contributed by atoms with Crippen LogP contribution < -0.4 is 10.1 Å². The van der Waals surface area contributed by atoms with Crippen LogP contribution in [0.25, 0.3) is 0 Å². The fourth-order valence-electron chi connectivity index (χ4n) is 6.56. The number of aromatic nitrogens is 1. The number of hydrogen-bond acceptors (Lipinski definition) is 6. The Morgan fingerprint density at radius 2 is 1.91 bits per heavy atom. The number of alkyl halides is 1. The van der Waals surface area contributed by atoms with Gasteiger partial charge in [-0.25, -0.2) is 9.78 Å². The molecule has 4 heterocycles. The number of carbonyl (C=O) groups excluding carboxylic acids is 2. The lowest BCUT2D eigenvalue weighted by atomic mass is 9.79. The van der Waals surface area contributed by atoms with Crippen molar-refractivity contribution in [3.63, 3.8) is 0 Å². The number of carbonyl (C=O) groups is 2. The van der Waals surface area contributed by atoms with Crippen molar-refractivity contribution in [3.8, 4) is 5.88 Å². The minimum Gasteiger partial charge on any atom is -0.473 e. The molecule has 0 saturated carbocycles. The first-order chi connectivity index (χ1) is 21.5. The lowest BCUT2D eigenvalue weighted by Crippen LogP contribution is -2.42. The van der Waals surface area contributed by atoms with Crippen molar-refractivity contribution in [3.05, 3.63) is 79.7 Å². The normalized spacial score (nSPS) is 16.2. The van der Waals surface area contributed by atoms with Gasteiger partial charge in [-0.1, -0.05) is 30.3 Å². The molecule has 7 nitrogen and oxygen atoms in total. The molecule has 1 atom stereocenters. The number of amides is 2. The van der Waals surface area contributed by atoms with E-state index in [4.69, 9.17) is 26.1 Å². The number of nitrogens with zero attached hydrogens (tertiary/aromatic N) is 2. The van der Waals surface area contributed by atoms with Crippen molar-refractivity contribution < 1.29 is 19.1 Å². The second-order valence-corrected chi connectivity index (χ2v) is 14.7. The lowest BCUT2D eigenvalue weighted by Gasteiger charge is -2.37. The summed E-state index contributed by atoms with van der Waals surface area (Å²) in [6.07, 6.45) is 5.24. The zero-order valence-corrected chi connectivity index (χ0v) is 28.8. The van der Waals surface area contributed by atoms with Crippen molar-refractivity contribution in [1.82, 2.24) is 15.2 Å². The van der Waals surface area contributed by atoms with E-state index in [1.807, 2.05) is 67.3 Å². The van der Waals surface area contributed by atoms with Crippen LogP contribution in [0.1, 0.15) is 100 Å². The third kappa shape index (κ3) is 8.20. The Hall–Kier alpha value is -3.10. The first kappa shape index (κ1) is 33.3. The van der Waals surface area contributed by atoms with Gasteiger partial charge in [0, 0.05) is 40.6 Å². The molecule has 1 N–H and O–H groups in total. The van der Waals surface area contributed by atoms with Gasteiger partial charge < -0.3 is 19.7 Å². The highest BCUT2D eigenvalue weighted by atomic mass is 35.5. The van der Waals surface area contributed by atoms with Crippen LogP contribution in [0.15, 0.2) is 36.4 Å². The molecule has 0 unspecified atom stereocenters. The smallest absolute Gasteiger partial charge is 0.410 e. The minimum absolute atomic E-state index is 0.0526. The number of nitrogens with one attached hydrogen (secondary N) is 1. The number of benzene rings is 1. The van der Waals surface area contributed by atoms with Gasteiger partial charge in [0.2, 0.25) is 5.88 Å². The molecule has 45 heavy (non-hydrogen) atoms. The van der Waals surface area contributed by atoms with Crippen molar-refractivity contribution in [2.75, 3.05) is 19.6 Å². The molecule has 0 spiro atoms. The van der Waals surface area contributed by atoms with Gasteiger partial charge in [-0.05, 0) is 108 Å². The number of rotatable bonds is 10. The fourth-order valence-corrected chi connectivity index (χ4v) is 8.42. The summed E-state index contributed by atoms with van der Waals surface area (Å²) < 4.78 is 11.8. The topological polar surface area (TPSA) is 80.8 Å². The molecular formula is C36H46ClN3O4S. The van der Waals surface area contributed by atoms with E-state index in [2.05, 4.69) is 25.2 Å². The van der Waals surface area contributed by atoms with E-state index < -0.39 is 5.60 Å². The van der Waals surface area contributed by atoms with Gasteiger partial charge in [-0.15, -0.1) is 22.9 Å². The molecule has 1 fully saturated rings. The van der Waals surface area contributed by atoms with Crippen LogP contribution in [0.4, 0.5) is 4.79 Å². The summed E-state index contributed by atoms with van der Waals surface area (Å²) in [6.45, 7) is 12.4. The summed E-state index contributed by atoms with van der Waals surface area (Å²) in [5.41, 5.74) is 5.62. The third-order valence-electron chi connectivity index (χ3n) is 8.88. The highest BCUT2D eigenvalue weighted by Gasteiger charge is 2.35. The maximum Gasteiger partial charge on any atom is 0.410 e. The van der Waals surface area contributed by atoms with E-state index in [1.54, 1.807) is 0 Å². The van der Waals surface area contributed by atoms with E-state index in [9.17, 15) is 9.59 Å². The van der Waals surface area contributed by atoms with Gasteiger partial charge in [-0.2, -0.15) is 0 Å². The van der Waals surface area contributed by atoms with Crippen LogP contribution >= 0.6 is 22.9 Å². The number of ether oxygens (including phenoxy) is 2. The monoisotopic (exact) mass is 651 g/mol. The van der Waals surface area contributed by atoms with Gasteiger partial charge in [0.25, 0.3) is 5.91 Å². The van der Waals surface area contributed by atoms with Crippen molar-refractivity contribution >= 4 is 34.9 Å². The number of aryl methyl sites for hydroxylation is 2. The van der Waals surface area contributed by atoms with E-state index in [0.717, 1.165) is 72.0 Å². The van der Waals surface area contributed by atoms with Crippen LogP contribution in [0.5, 0.6) is 5.88 Å². The molecule has 0 bridgehead atoms. The van der Waals surface area contributed by atoms with Gasteiger partial charge in [0.15, 0.2) is 0 Å². The van der Waals surface area contributed by atoms with E-state index in [-0.39, 0.29) is 12.0 Å². The Morgan fingerprint density at radius 1 is 1.18 bits per heavy atom. The second-order valence-electron chi connectivity index (χ2n) is 13.3. The summed E-state index contributed by atoms with van der Waals surface area (Å²) in [6, 6.07) is 12.2. The number of halogens is 1. The maximum absolute atomic E-state index is 12.8. The summed E-state index contributed by atoms with van der Waals surface area (Å²) in [4.78, 5) is 34.9. The molecule has 3 aromatic rings. The average molecular weight is 652 g/mol. The van der Waals surface area contributed by atoms with E-state index in [0.29, 0.717) is 49.8 Å². The number of thiophene rings is 1. The molecule has 0 aliphatic carbocycles. The van der Waals surface area contributed by atoms with Crippen molar-refractivity contribution in [2.45, 2.75) is 97.1 Å². The first-order valence-corrected chi connectivity index (χ1v) is 17.5. The Labute approximate surface area is 276 Å². The number of hydrogen-bond donors (Lipinski definition) is 1. The molecule has 9 heteroatoms. The molecule has 0 radical (unpaired) electrons. The highest BCUT2D eigenvalue weighted by Crippen LogP contribution is 2.44. The van der Waals surface area contributed by atoms with Gasteiger partial charge in [0.05, 0.1) is 11.4 Å². The SMILES string of the molecule is Cc1cc(CCC[C@@H](c2sc3c(c2C)C(=O)NCC3)C2CCN(C(=O)OC(C)(C)C)CC2)nc(OCc2ccccc2)c1CCl. The molecule has 2 aromatic heterocycles. The second kappa shape index (κ2) is 14.5. The zero-order valence-electron chi connectivity index (χ0n) is 27.2. The standard InChI is InChI=1S/C36H46ClN3O4S/c1-23-20-27(39-34(29(23)21-37)43-22-25-10-7-6-8-11-25)12-9-13-28(32-24(2)31-30(45-32)14-17-38-33(31)41)26-15-18-40(19-16-26)35(42)44-36(3,4)5/h6-8,10-11,20,26,28H,9,12-19,21-22H2,1-5H3,(H,38,41)/t28-/m1/s1. The summed E-state index contributed by atoms with van der Waals surface area (Å²) in [7, 11) is 0. The Balaban J connectivity index is 1.32. The molecule has 2 aliphatic rings. The Kier molecular flexibility index (Phi) is 10.8. The van der Waals surface area contributed by atoms with Crippen LogP contribution in [-0.4, -0.2) is 47.1 Å². The van der Waals surface area contributed by atoms with E-state index in [1.165, 1.54) is 9.75 Å². The molecule has 2 amide bonds. The average Bonchev–Trinajstić information content (AvgIpc) is 3.34. The fraction of sp³-hybridized carbons (Fsp3) is 0.528. The third-order valence-corrected chi connectivity index (χ3v) is 10.6. The molecule has 1 saturated heterocycles. The quantitative estimate of drug-likeness (QED) is 0.224. The van der Waals surface area contributed by atoms with Crippen LogP contribution in [0, 0.1) is 19.8 Å². The van der Waals surface area contributed by atoms with Crippen LogP contribution in [0.2, 0.25) is 0 Å². The predicted octanol–water partition coefficient (Wildman–Crippen LogP) is 8.12. The van der Waals surface area contributed by atoms with Crippen LogP contribution in [-0.2, 0) is 30.1 Å². The van der Waals surface area contributed by atoms with Gasteiger partial charge in [-0.3, -0.25) is 4.79 Å². The zero-order chi connectivity index (χ0) is 32.1. The van der Waals surface area contributed by atoms with Crippen molar-refractivity contribution in [1.29, 1.82) is 0 Å². The summed E-state index contributed by atoms with van der Waals surface area (Å²) >= 11 is 8.15. The molecule has 1 aromatic carbocycles. The largest absolute Gasteiger partial charge is 0.473 e. The highest BCUT2D eigenvalue weighted by molar-refractivity contribution is 7.12. The molecule has 5 rings (SSSR count). The van der Waals surface area contributed by atoms with Crippen LogP contribution in [0.3, 0.4) is 0 Å². The van der Waals surface area contributed by atoms with Gasteiger partial charge >= 0.3 is 6.09 Å². The number of piperidine rings is 1. The minimum atomic E-state index is -0.509. The first-order valence-electron chi connectivity index (χ1n) is 16.1. The number of pyridine rings is 1. The number of fused-ring (bicyclic) bond motifs is 1. The van der Waals surface area contributed by atoms with E-state index >= 15 is 0 Å². The summed E-state index contributed by atoms with van der Waals surface area (Å²) in [5, 5.41) is 3.03. The summed E-state index contributed by atoms with van der Waals surface area (Å²) in [5.74, 6) is 1.75. The maximum atomic E-state index is 12.8. The lowest BCUT2D eigenvalue weighted by molar-refractivity contribution is 0.0172. The predicted molar refractivity (Wildman–Crippen MR) is 181 cm³/mol. The Bertz CT molecular complexity index is 1490.